The lowest BCUT2D eigenvalue weighted by Crippen LogP contribution is -2.62. The van der Waals surface area contributed by atoms with Crippen LogP contribution in [0, 0.1) is 0 Å². The third-order valence-corrected chi connectivity index (χ3v) is 3.87. The summed E-state index contributed by atoms with van der Waals surface area (Å²) in [7, 11) is 4.48. The van der Waals surface area contributed by atoms with Crippen LogP contribution in [0.3, 0.4) is 0 Å². The fraction of sp³-hybridized carbons (Fsp3) is 0.533. The number of hydrogen-bond donors (Lipinski definition) is 0. The fourth-order valence-electron chi connectivity index (χ4n) is 2.16. The van der Waals surface area contributed by atoms with Gasteiger partial charge in [0, 0.05) is 21.1 Å². The SMILES string of the molecule is COc1ccc(C2OC(C)(OC)C(C)(OC)OC2=O)cc1. The Bertz CT molecular complexity index is 513. The van der Waals surface area contributed by atoms with E-state index in [1.54, 1.807) is 45.2 Å². The molecule has 1 aliphatic rings. The average Bonchev–Trinajstić information content (AvgIpc) is 2.51. The lowest BCUT2D eigenvalue weighted by Gasteiger charge is -2.47. The minimum absolute atomic E-state index is 0.529. The maximum Gasteiger partial charge on any atom is 0.342 e. The fourth-order valence-corrected chi connectivity index (χ4v) is 2.16. The van der Waals surface area contributed by atoms with Crippen molar-refractivity contribution in [3.63, 3.8) is 0 Å². The van der Waals surface area contributed by atoms with Crippen molar-refractivity contribution >= 4 is 5.97 Å². The Balaban J connectivity index is 2.31. The molecular formula is C15H20O6. The molecule has 21 heavy (non-hydrogen) atoms. The molecule has 1 saturated heterocycles. The lowest BCUT2D eigenvalue weighted by molar-refractivity contribution is -0.407. The van der Waals surface area contributed by atoms with Crippen molar-refractivity contribution in [1.82, 2.24) is 0 Å². The second-order valence-electron chi connectivity index (χ2n) is 4.99. The van der Waals surface area contributed by atoms with Crippen LogP contribution in [-0.4, -0.2) is 38.9 Å². The molecule has 1 aromatic rings. The molecule has 0 aromatic heterocycles. The van der Waals surface area contributed by atoms with E-state index in [-0.39, 0.29) is 0 Å². The number of carbonyl (C=O) groups is 1. The molecule has 0 amide bonds. The largest absolute Gasteiger partial charge is 0.497 e. The first-order valence-electron chi connectivity index (χ1n) is 6.54. The summed E-state index contributed by atoms with van der Waals surface area (Å²) in [5.41, 5.74) is 0.655. The molecule has 6 nitrogen and oxygen atoms in total. The van der Waals surface area contributed by atoms with E-state index < -0.39 is 23.6 Å². The molecule has 6 heteroatoms. The van der Waals surface area contributed by atoms with Gasteiger partial charge in [0.05, 0.1) is 7.11 Å². The van der Waals surface area contributed by atoms with E-state index in [2.05, 4.69) is 0 Å². The molecule has 1 aromatic carbocycles. The Morgan fingerprint density at radius 3 is 2.05 bits per heavy atom. The van der Waals surface area contributed by atoms with Gasteiger partial charge in [-0.25, -0.2) is 4.79 Å². The summed E-state index contributed by atoms with van der Waals surface area (Å²) in [6, 6.07) is 6.99. The van der Waals surface area contributed by atoms with Crippen LogP contribution in [0.2, 0.25) is 0 Å². The predicted molar refractivity (Wildman–Crippen MR) is 73.7 cm³/mol. The van der Waals surface area contributed by atoms with Gasteiger partial charge in [0.1, 0.15) is 5.75 Å². The third-order valence-electron chi connectivity index (χ3n) is 3.87. The number of carbonyl (C=O) groups excluding carboxylic acids is 1. The summed E-state index contributed by atoms with van der Waals surface area (Å²) < 4.78 is 27.0. The van der Waals surface area contributed by atoms with E-state index in [0.29, 0.717) is 11.3 Å². The molecule has 3 unspecified atom stereocenters. The monoisotopic (exact) mass is 296 g/mol. The average molecular weight is 296 g/mol. The number of rotatable bonds is 4. The van der Waals surface area contributed by atoms with Crippen LogP contribution >= 0.6 is 0 Å². The molecule has 0 N–H and O–H groups in total. The molecule has 1 aliphatic heterocycles. The van der Waals surface area contributed by atoms with Gasteiger partial charge in [-0.05, 0) is 24.6 Å². The molecule has 0 radical (unpaired) electrons. The van der Waals surface area contributed by atoms with Crippen LogP contribution in [-0.2, 0) is 23.7 Å². The second-order valence-corrected chi connectivity index (χ2v) is 4.99. The predicted octanol–water partition coefficient (Wildman–Crippen LogP) is 2.03. The van der Waals surface area contributed by atoms with Gasteiger partial charge in [0.2, 0.25) is 5.79 Å². The Hall–Kier alpha value is -1.63. The van der Waals surface area contributed by atoms with Crippen molar-refractivity contribution in [2.75, 3.05) is 21.3 Å². The minimum atomic E-state index is -1.32. The number of benzene rings is 1. The van der Waals surface area contributed by atoms with Gasteiger partial charge in [-0.3, -0.25) is 0 Å². The van der Waals surface area contributed by atoms with Crippen molar-refractivity contribution in [1.29, 1.82) is 0 Å². The normalized spacial score (nSPS) is 32.6. The highest BCUT2D eigenvalue weighted by molar-refractivity contribution is 5.77. The van der Waals surface area contributed by atoms with E-state index in [1.807, 2.05) is 0 Å². The molecule has 116 valence electrons. The van der Waals surface area contributed by atoms with E-state index in [4.69, 9.17) is 23.7 Å². The zero-order valence-corrected chi connectivity index (χ0v) is 12.8. The molecule has 0 bridgehead atoms. The molecule has 1 fully saturated rings. The number of ether oxygens (including phenoxy) is 5. The van der Waals surface area contributed by atoms with Crippen molar-refractivity contribution in [3.05, 3.63) is 29.8 Å². The summed E-state index contributed by atoms with van der Waals surface area (Å²) >= 11 is 0. The highest BCUT2D eigenvalue weighted by atomic mass is 16.8. The van der Waals surface area contributed by atoms with Crippen molar-refractivity contribution in [3.8, 4) is 5.75 Å². The summed E-state index contributed by atoms with van der Waals surface area (Å²) in [6.07, 6.45) is -0.885. The van der Waals surface area contributed by atoms with Gasteiger partial charge in [-0.2, -0.15) is 0 Å². The summed E-state index contributed by atoms with van der Waals surface area (Å²) in [4.78, 5) is 12.2. The first-order valence-corrected chi connectivity index (χ1v) is 6.54. The highest BCUT2D eigenvalue weighted by Crippen LogP contribution is 2.42. The molecule has 0 aliphatic carbocycles. The number of methoxy groups -OCH3 is 3. The first-order chi connectivity index (χ1) is 9.89. The smallest absolute Gasteiger partial charge is 0.342 e. The zero-order chi connectivity index (χ0) is 15.7. The summed E-state index contributed by atoms with van der Waals surface area (Å²) in [5, 5.41) is 0. The number of cyclic esters (lactones) is 1. The van der Waals surface area contributed by atoms with Gasteiger partial charge < -0.3 is 23.7 Å². The first kappa shape index (κ1) is 15.8. The van der Waals surface area contributed by atoms with Crippen LogP contribution < -0.4 is 4.74 Å². The molecular weight excluding hydrogens is 276 g/mol. The van der Waals surface area contributed by atoms with E-state index >= 15 is 0 Å². The minimum Gasteiger partial charge on any atom is -0.497 e. The molecule has 2 rings (SSSR count). The van der Waals surface area contributed by atoms with Crippen LogP contribution in [0.25, 0.3) is 0 Å². The van der Waals surface area contributed by atoms with Crippen LogP contribution in [0.5, 0.6) is 5.75 Å². The standard InChI is InChI=1S/C15H20O6/c1-14(18-4)15(2,19-5)21-13(16)12(20-14)10-6-8-11(17-3)9-7-10/h6-9,12H,1-5H3. The molecule has 0 spiro atoms. The maximum atomic E-state index is 12.2. The summed E-state index contributed by atoms with van der Waals surface area (Å²) in [5.74, 6) is -2.37. The van der Waals surface area contributed by atoms with Crippen molar-refractivity contribution < 1.29 is 28.5 Å². The third kappa shape index (κ3) is 2.62. The zero-order valence-electron chi connectivity index (χ0n) is 12.8. The number of hydrogen-bond acceptors (Lipinski definition) is 6. The van der Waals surface area contributed by atoms with Gasteiger partial charge >= 0.3 is 5.97 Å². The van der Waals surface area contributed by atoms with E-state index in [0.717, 1.165) is 0 Å². The van der Waals surface area contributed by atoms with Crippen LogP contribution in [0.4, 0.5) is 0 Å². The van der Waals surface area contributed by atoms with E-state index in [9.17, 15) is 4.79 Å². The Kier molecular flexibility index (Phi) is 4.22. The molecule has 3 atom stereocenters. The Morgan fingerprint density at radius 2 is 1.57 bits per heavy atom. The Labute approximate surface area is 123 Å². The van der Waals surface area contributed by atoms with Crippen molar-refractivity contribution in [2.24, 2.45) is 0 Å². The van der Waals surface area contributed by atoms with Crippen molar-refractivity contribution in [2.45, 2.75) is 31.5 Å². The second kappa shape index (κ2) is 5.63. The number of esters is 1. The maximum absolute atomic E-state index is 12.2. The lowest BCUT2D eigenvalue weighted by atomic mass is 10.0. The summed E-state index contributed by atoms with van der Waals surface area (Å²) in [6.45, 7) is 3.26. The molecule has 1 heterocycles. The van der Waals surface area contributed by atoms with Gasteiger partial charge in [-0.15, -0.1) is 0 Å². The van der Waals surface area contributed by atoms with Crippen LogP contribution in [0.15, 0.2) is 24.3 Å². The highest BCUT2D eigenvalue weighted by Gasteiger charge is 2.57. The van der Waals surface area contributed by atoms with Gasteiger partial charge in [0.15, 0.2) is 6.10 Å². The van der Waals surface area contributed by atoms with Crippen LogP contribution in [0.1, 0.15) is 25.5 Å². The van der Waals surface area contributed by atoms with Gasteiger partial charge in [0.25, 0.3) is 5.79 Å². The quantitative estimate of drug-likeness (QED) is 0.792. The topological polar surface area (TPSA) is 63.2 Å². The van der Waals surface area contributed by atoms with Gasteiger partial charge in [-0.1, -0.05) is 12.1 Å². The molecule has 0 saturated carbocycles. The van der Waals surface area contributed by atoms with E-state index in [1.165, 1.54) is 14.2 Å². The Morgan fingerprint density at radius 1 is 1.00 bits per heavy atom.